The number of H-pyrrole nitrogens is 2. The lowest BCUT2D eigenvalue weighted by Gasteiger charge is -2.08. The van der Waals surface area contributed by atoms with Crippen molar-refractivity contribution < 1.29 is 9.53 Å². The Morgan fingerprint density at radius 2 is 2.10 bits per heavy atom. The van der Waals surface area contributed by atoms with Crippen molar-refractivity contribution in [2.24, 2.45) is 0 Å². The number of para-hydroxylation sites is 1. The molecule has 0 aliphatic heterocycles. The molecule has 6 heteroatoms. The van der Waals surface area contributed by atoms with Gasteiger partial charge in [-0.15, -0.1) is 0 Å². The van der Waals surface area contributed by atoms with Gasteiger partial charge in [0.2, 0.25) is 5.91 Å². The highest BCUT2D eigenvalue weighted by molar-refractivity contribution is 5.76. The van der Waals surface area contributed by atoms with E-state index in [4.69, 9.17) is 4.74 Å². The van der Waals surface area contributed by atoms with Gasteiger partial charge in [-0.25, -0.2) is 0 Å². The standard InChI is InChI=1S/C14H17N3O3/c1-20-12-5-3-2-4-10(12)6-7-13(18)15-9-11-8-14(19)17-16-11/h2-5,8H,6-7,9H2,1H3,(H,15,18)(H2,16,17,19). The van der Waals surface area contributed by atoms with E-state index >= 15 is 0 Å². The Labute approximate surface area is 116 Å². The molecule has 0 bridgehead atoms. The van der Waals surface area contributed by atoms with Gasteiger partial charge in [0.05, 0.1) is 19.3 Å². The third-order valence-electron chi connectivity index (χ3n) is 2.94. The Morgan fingerprint density at radius 3 is 2.80 bits per heavy atom. The molecular formula is C14H17N3O3. The topological polar surface area (TPSA) is 87.0 Å². The van der Waals surface area contributed by atoms with Crippen molar-refractivity contribution >= 4 is 5.91 Å². The lowest BCUT2D eigenvalue weighted by molar-refractivity contribution is -0.121. The first kappa shape index (κ1) is 13.9. The molecule has 0 aliphatic rings. The highest BCUT2D eigenvalue weighted by atomic mass is 16.5. The second-order valence-corrected chi connectivity index (χ2v) is 4.37. The van der Waals surface area contributed by atoms with Crippen molar-refractivity contribution in [3.63, 3.8) is 0 Å². The molecule has 6 nitrogen and oxygen atoms in total. The number of aryl methyl sites for hydroxylation is 1. The predicted molar refractivity (Wildman–Crippen MR) is 74.6 cm³/mol. The fraction of sp³-hybridized carbons (Fsp3) is 0.286. The highest BCUT2D eigenvalue weighted by Crippen LogP contribution is 2.18. The van der Waals surface area contributed by atoms with Crippen LogP contribution in [0.3, 0.4) is 0 Å². The summed E-state index contributed by atoms with van der Waals surface area (Å²) in [5.74, 6) is 0.716. The van der Waals surface area contributed by atoms with E-state index in [0.717, 1.165) is 11.3 Å². The molecule has 1 heterocycles. The minimum absolute atomic E-state index is 0.0713. The van der Waals surface area contributed by atoms with E-state index in [2.05, 4.69) is 15.5 Å². The van der Waals surface area contributed by atoms with Crippen molar-refractivity contribution in [3.05, 3.63) is 51.9 Å². The van der Waals surface area contributed by atoms with E-state index in [0.29, 0.717) is 25.1 Å². The Kier molecular flexibility index (Phi) is 4.60. The van der Waals surface area contributed by atoms with Gasteiger partial charge >= 0.3 is 0 Å². The maximum atomic E-state index is 11.7. The third-order valence-corrected chi connectivity index (χ3v) is 2.94. The molecule has 0 spiro atoms. The fourth-order valence-corrected chi connectivity index (χ4v) is 1.91. The average molecular weight is 275 g/mol. The second kappa shape index (κ2) is 6.60. The Bertz CT molecular complexity index is 630. The number of methoxy groups -OCH3 is 1. The summed E-state index contributed by atoms with van der Waals surface area (Å²) in [6, 6.07) is 9.04. The number of hydrogen-bond acceptors (Lipinski definition) is 3. The van der Waals surface area contributed by atoms with Crippen LogP contribution in [0.25, 0.3) is 0 Å². The van der Waals surface area contributed by atoms with Gasteiger partial charge in [0.15, 0.2) is 0 Å². The molecule has 1 amide bonds. The molecular weight excluding hydrogens is 258 g/mol. The monoisotopic (exact) mass is 275 g/mol. The van der Waals surface area contributed by atoms with E-state index in [1.807, 2.05) is 24.3 Å². The lowest BCUT2D eigenvalue weighted by Crippen LogP contribution is -2.23. The van der Waals surface area contributed by atoms with Gasteiger partial charge in [0.25, 0.3) is 5.56 Å². The molecule has 0 atom stereocenters. The second-order valence-electron chi connectivity index (χ2n) is 4.37. The summed E-state index contributed by atoms with van der Waals surface area (Å²) in [7, 11) is 1.61. The van der Waals surface area contributed by atoms with Crippen LogP contribution in [0.15, 0.2) is 35.1 Å². The average Bonchev–Trinajstić information content (AvgIpc) is 2.89. The first-order valence-corrected chi connectivity index (χ1v) is 6.34. The van der Waals surface area contributed by atoms with Crippen molar-refractivity contribution in [2.45, 2.75) is 19.4 Å². The molecule has 2 rings (SSSR count). The normalized spacial score (nSPS) is 10.2. The Hall–Kier alpha value is -2.50. The van der Waals surface area contributed by atoms with Crippen LogP contribution in [0, 0.1) is 0 Å². The van der Waals surface area contributed by atoms with Gasteiger partial charge in [-0.2, -0.15) is 0 Å². The van der Waals surface area contributed by atoms with Gasteiger partial charge in [-0.1, -0.05) is 18.2 Å². The van der Waals surface area contributed by atoms with Gasteiger partial charge in [-0.05, 0) is 18.1 Å². The third kappa shape index (κ3) is 3.74. The van der Waals surface area contributed by atoms with Crippen LogP contribution < -0.4 is 15.6 Å². The molecule has 0 saturated carbocycles. The maximum absolute atomic E-state index is 11.7. The van der Waals surface area contributed by atoms with Crippen molar-refractivity contribution in [3.8, 4) is 5.75 Å². The summed E-state index contributed by atoms with van der Waals surface area (Å²) in [5, 5.41) is 7.85. The summed E-state index contributed by atoms with van der Waals surface area (Å²) in [4.78, 5) is 22.6. The molecule has 2 aromatic rings. The van der Waals surface area contributed by atoms with E-state index < -0.39 is 0 Å². The minimum atomic E-state index is -0.205. The summed E-state index contributed by atoms with van der Waals surface area (Å²) in [5.41, 5.74) is 1.45. The van der Waals surface area contributed by atoms with Crippen LogP contribution in [-0.4, -0.2) is 23.2 Å². The van der Waals surface area contributed by atoms with E-state index in [1.165, 1.54) is 6.07 Å². The first-order valence-electron chi connectivity index (χ1n) is 6.34. The molecule has 20 heavy (non-hydrogen) atoms. The summed E-state index contributed by atoms with van der Waals surface area (Å²) in [6.07, 6.45) is 0.981. The number of aromatic amines is 2. The lowest BCUT2D eigenvalue weighted by atomic mass is 10.1. The van der Waals surface area contributed by atoms with E-state index in [-0.39, 0.29) is 11.5 Å². The van der Waals surface area contributed by atoms with Crippen LogP contribution in [0.1, 0.15) is 17.7 Å². The SMILES string of the molecule is COc1ccccc1CCC(=O)NCc1cc(=O)[nH][nH]1. The molecule has 1 aromatic heterocycles. The van der Waals surface area contributed by atoms with Gasteiger partial charge in [0, 0.05) is 12.5 Å². The molecule has 1 aromatic carbocycles. The van der Waals surface area contributed by atoms with E-state index in [9.17, 15) is 9.59 Å². The number of carbonyl (C=O) groups excluding carboxylic acids is 1. The summed E-state index contributed by atoms with van der Waals surface area (Å²) < 4.78 is 5.23. The molecule has 106 valence electrons. The van der Waals surface area contributed by atoms with Crippen LogP contribution in [-0.2, 0) is 17.8 Å². The zero-order valence-electron chi connectivity index (χ0n) is 11.2. The molecule has 0 fully saturated rings. The minimum Gasteiger partial charge on any atom is -0.496 e. The molecule has 3 N–H and O–H groups in total. The fourth-order valence-electron chi connectivity index (χ4n) is 1.91. The maximum Gasteiger partial charge on any atom is 0.264 e. The Morgan fingerprint density at radius 1 is 1.30 bits per heavy atom. The number of aromatic nitrogens is 2. The summed E-state index contributed by atoms with van der Waals surface area (Å²) >= 11 is 0. The molecule has 0 aliphatic carbocycles. The van der Waals surface area contributed by atoms with Crippen LogP contribution in [0.4, 0.5) is 0 Å². The Balaban J connectivity index is 1.81. The van der Waals surface area contributed by atoms with Crippen molar-refractivity contribution in [1.29, 1.82) is 0 Å². The van der Waals surface area contributed by atoms with Gasteiger partial charge in [0.1, 0.15) is 5.75 Å². The predicted octanol–water partition coefficient (Wildman–Crippen LogP) is 0.961. The zero-order valence-corrected chi connectivity index (χ0v) is 11.2. The summed E-state index contributed by atoms with van der Waals surface area (Å²) in [6.45, 7) is 0.309. The number of nitrogens with one attached hydrogen (secondary N) is 3. The highest BCUT2D eigenvalue weighted by Gasteiger charge is 2.06. The van der Waals surface area contributed by atoms with Crippen LogP contribution >= 0.6 is 0 Å². The molecule has 0 radical (unpaired) electrons. The van der Waals surface area contributed by atoms with Crippen LogP contribution in [0.5, 0.6) is 5.75 Å². The first-order chi connectivity index (χ1) is 9.69. The van der Waals surface area contributed by atoms with Crippen molar-refractivity contribution in [2.75, 3.05) is 7.11 Å². The number of benzene rings is 1. The van der Waals surface area contributed by atoms with Crippen molar-refractivity contribution in [1.82, 2.24) is 15.5 Å². The van der Waals surface area contributed by atoms with Crippen LogP contribution in [0.2, 0.25) is 0 Å². The van der Waals surface area contributed by atoms with Gasteiger partial charge in [-0.3, -0.25) is 14.7 Å². The number of rotatable bonds is 6. The number of ether oxygens (including phenoxy) is 1. The molecule has 0 unspecified atom stereocenters. The number of amides is 1. The quantitative estimate of drug-likeness (QED) is 0.734. The largest absolute Gasteiger partial charge is 0.496 e. The van der Waals surface area contributed by atoms with E-state index in [1.54, 1.807) is 7.11 Å². The number of hydrogen-bond donors (Lipinski definition) is 3. The zero-order chi connectivity index (χ0) is 14.4. The van der Waals surface area contributed by atoms with Gasteiger partial charge < -0.3 is 15.2 Å². The number of carbonyl (C=O) groups is 1. The molecule has 0 saturated heterocycles. The smallest absolute Gasteiger partial charge is 0.264 e.